The molecule has 106 valence electrons. The number of benzene rings is 1. The van der Waals surface area contributed by atoms with Crippen LogP contribution < -0.4 is 10.1 Å². The molecule has 2 rings (SSSR count). The molecule has 1 aromatic carbocycles. The van der Waals surface area contributed by atoms with Crippen molar-refractivity contribution in [2.24, 2.45) is 5.41 Å². The third-order valence-electron chi connectivity index (χ3n) is 3.92. The molecule has 0 heterocycles. The van der Waals surface area contributed by atoms with Crippen LogP contribution in [0.1, 0.15) is 31.7 Å². The molecule has 1 atom stereocenters. The van der Waals surface area contributed by atoms with Crippen molar-refractivity contribution in [1.29, 1.82) is 0 Å². The summed E-state index contributed by atoms with van der Waals surface area (Å²) < 4.78 is 5.58. The van der Waals surface area contributed by atoms with E-state index in [0.717, 1.165) is 12.3 Å². The van der Waals surface area contributed by atoms with Crippen LogP contribution in [0, 0.1) is 12.3 Å². The zero-order valence-electron chi connectivity index (χ0n) is 12.0. The second-order valence-electron chi connectivity index (χ2n) is 6.08. The van der Waals surface area contributed by atoms with Crippen molar-refractivity contribution in [3.8, 4) is 5.75 Å². The largest absolute Gasteiger partial charge is 0.491 e. The molecule has 0 saturated heterocycles. The molecule has 1 aliphatic carbocycles. The van der Waals surface area contributed by atoms with Gasteiger partial charge in [0, 0.05) is 13.1 Å². The van der Waals surface area contributed by atoms with Crippen LogP contribution in [0.25, 0.3) is 0 Å². The van der Waals surface area contributed by atoms with E-state index in [4.69, 9.17) is 4.74 Å². The standard InChI is InChI=1S/C16H25NO2/c1-13-5-3-6-15(9-13)19-11-14(18)10-17-12-16(2)7-4-8-16/h3,5-6,9,14,17-18H,4,7-8,10-12H2,1-2H3. The highest BCUT2D eigenvalue weighted by molar-refractivity contribution is 5.27. The molecular formula is C16H25NO2. The predicted octanol–water partition coefficient (Wildman–Crippen LogP) is 2.51. The highest BCUT2D eigenvalue weighted by atomic mass is 16.5. The van der Waals surface area contributed by atoms with Gasteiger partial charge in [0.25, 0.3) is 0 Å². The Morgan fingerprint density at radius 1 is 1.42 bits per heavy atom. The normalized spacial score (nSPS) is 18.7. The zero-order chi connectivity index (χ0) is 13.7. The van der Waals surface area contributed by atoms with Crippen molar-refractivity contribution in [1.82, 2.24) is 5.32 Å². The van der Waals surface area contributed by atoms with Crippen molar-refractivity contribution in [3.63, 3.8) is 0 Å². The maximum atomic E-state index is 9.88. The van der Waals surface area contributed by atoms with Gasteiger partial charge in [-0.2, -0.15) is 0 Å². The molecule has 3 heteroatoms. The number of ether oxygens (including phenoxy) is 1. The van der Waals surface area contributed by atoms with Gasteiger partial charge >= 0.3 is 0 Å². The number of aliphatic hydroxyl groups excluding tert-OH is 1. The number of aryl methyl sites for hydroxylation is 1. The number of rotatable bonds is 7. The molecular weight excluding hydrogens is 238 g/mol. The van der Waals surface area contributed by atoms with Crippen LogP contribution in [0.5, 0.6) is 5.75 Å². The lowest BCUT2D eigenvalue weighted by Gasteiger charge is -2.38. The summed E-state index contributed by atoms with van der Waals surface area (Å²) in [6.45, 7) is 6.27. The van der Waals surface area contributed by atoms with Crippen molar-refractivity contribution in [2.45, 2.75) is 39.2 Å². The maximum absolute atomic E-state index is 9.88. The first-order chi connectivity index (χ1) is 9.07. The fourth-order valence-corrected chi connectivity index (χ4v) is 2.45. The minimum absolute atomic E-state index is 0.340. The summed E-state index contributed by atoms with van der Waals surface area (Å²) in [7, 11) is 0. The van der Waals surface area contributed by atoms with Crippen molar-refractivity contribution >= 4 is 0 Å². The molecule has 0 aromatic heterocycles. The van der Waals surface area contributed by atoms with Gasteiger partial charge in [-0.15, -0.1) is 0 Å². The molecule has 1 fully saturated rings. The summed E-state index contributed by atoms with van der Waals surface area (Å²) in [6, 6.07) is 7.90. The van der Waals surface area contributed by atoms with Gasteiger partial charge in [-0.25, -0.2) is 0 Å². The lowest BCUT2D eigenvalue weighted by Crippen LogP contribution is -2.41. The van der Waals surface area contributed by atoms with Gasteiger partial charge in [-0.1, -0.05) is 25.5 Å². The molecule has 19 heavy (non-hydrogen) atoms. The SMILES string of the molecule is Cc1cccc(OCC(O)CNCC2(C)CCC2)c1. The van der Waals surface area contributed by atoms with Gasteiger partial charge in [-0.3, -0.25) is 0 Å². The molecule has 0 spiro atoms. The van der Waals surface area contributed by atoms with Crippen LogP contribution in [0.3, 0.4) is 0 Å². The van der Waals surface area contributed by atoms with Gasteiger partial charge in [-0.05, 0) is 42.9 Å². The third-order valence-corrected chi connectivity index (χ3v) is 3.92. The van der Waals surface area contributed by atoms with Crippen molar-refractivity contribution < 1.29 is 9.84 Å². The Morgan fingerprint density at radius 3 is 2.84 bits per heavy atom. The minimum Gasteiger partial charge on any atom is -0.491 e. The molecule has 0 bridgehead atoms. The van der Waals surface area contributed by atoms with E-state index in [-0.39, 0.29) is 0 Å². The Labute approximate surface area is 116 Å². The summed E-state index contributed by atoms with van der Waals surface area (Å²) in [5.41, 5.74) is 1.62. The topological polar surface area (TPSA) is 41.5 Å². The van der Waals surface area contributed by atoms with Crippen LogP contribution in [-0.4, -0.2) is 30.9 Å². The Kier molecular flexibility index (Phi) is 4.83. The Morgan fingerprint density at radius 2 is 2.21 bits per heavy atom. The van der Waals surface area contributed by atoms with E-state index in [1.54, 1.807) is 0 Å². The van der Waals surface area contributed by atoms with Crippen molar-refractivity contribution in [3.05, 3.63) is 29.8 Å². The van der Waals surface area contributed by atoms with E-state index in [1.165, 1.54) is 24.8 Å². The first-order valence-electron chi connectivity index (χ1n) is 7.16. The van der Waals surface area contributed by atoms with Crippen LogP contribution in [0.4, 0.5) is 0 Å². The number of hydrogen-bond donors (Lipinski definition) is 2. The van der Waals surface area contributed by atoms with Gasteiger partial charge in [0.05, 0.1) is 0 Å². The monoisotopic (exact) mass is 263 g/mol. The lowest BCUT2D eigenvalue weighted by atomic mass is 9.70. The first-order valence-corrected chi connectivity index (χ1v) is 7.16. The third kappa shape index (κ3) is 4.51. The molecule has 0 radical (unpaired) electrons. The van der Waals surface area contributed by atoms with E-state index in [1.807, 2.05) is 31.2 Å². The Hall–Kier alpha value is -1.06. The molecule has 1 saturated carbocycles. The smallest absolute Gasteiger partial charge is 0.119 e. The summed E-state index contributed by atoms with van der Waals surface area (Å²) in [6.07, 6.45) is 3.49. The highest BCUT2D eigenvalue weighted by Crippen LogP contribution is 2.39. The van der Waals surface area contributed by atoms with Crippen LogP contribution >= 0.6 is 0 Å². The van der Waals surface area contributed by atoms with E-state index in [0.29, 0.717) is 18.6 Å². The summed E-state index contributed by atoms with van der Waals surface area (Å²) >= 11 is 0. The molecule has 0 amide bonds. The van der Waals surface area contributed by atoms with Crippen LogP contribution in [0.15, 0.2) is 24.3 Å². The zero-order valence-corrected chi connectivity index (χ0v) is 12.0. The minimum atomic E-state index is -0.454. The summed E-state index contributed by atoms with van der Waals surface area (Å²) in [5, 5.41) is 13.2. The van der Waals surface area contributed by atoms with Crippen molar-refractivity contribution in [2.75, 3.05) is 19.7 Å². The maximum Gasteiger partial charge on any atom is 0.119 e. The number of aliphatic hydroxyl groups is 1. The average molecular weight is 263 g/mol. The van der Waals surface area contributed by atoms with Gasteiger partial charge < -0.3 is 15.2 Å². The van der Waals surface area contributed by atoms with Gasteiger partial charge in [0.1, 0.15) is 18.5 Å². The van der Waals surface area contributed by atoms with E-state index < -0.39 is 6.10 Å². The summed E-state index contributed by atoms with van der Waals surface area (Å²) in [5.74, 6) is 0.824. The van der Waals surface area contributed by atoms with E-state index in [2.05, 4.69) is 12.2 Å². The number of nitrogens with one attached hydrogen (secondary N) is 1. The van der Waals surface area contributed by atoms with Gasteiger partial charge in [0.15, 0.2) is 0 Å². The Bertz CT molecular complexity index is 401. The van der Waals surface area contributed by atoms with Crippen LogP contribution in [0.2, 0.25) is 0 Å². The lowest BCUT2D eigenvalue weighted by molar-refractivity contribution is 0.0946. The second kappa shape index (κ2) is 6.40. The predicted molar refractivity (Wildman–Crippen MR) is 77.5 cm³/mol. The molecule has 1 unspecified atom stereocenters. The average Bonchev–Trinajstić information content (AvgIpc) is 2.34. The molecule has 3 nitrogen and oxygen atoms in total. The first kappa shape index (κ1) is 14.4. The quantitative estimate of drug-likeness (QED) is 0.794. The fraction of sp³-hybridized carbons (Fsp3) is 0.625. The molecule has 0 aliphatic heterocycles. The summed E-state index contributed by atoms with van der Waals surface area (Å²) in [4.78, 5) is 0. The molecule has 1 aromatic rings. The van der Waals surface area contributed by atoms with Crippen LogP contribution in [-0.2, 0) is 0 Å². The molecule has 1 aliphatic rings. The van der Waals surface area contributed by atoms with E-state index in [9.17, 15) is 5.11 Å². The fourth-order valence-electron chi connectivity index (χ4n) is 2.45. The highest BCUT2D eigenvalue weighted by Gasteiger charge is 2.31. The number of hydrogen-bond acceptors (Lipinski definition) is 3. The van der Waals surface area contributed by atoms with Gasteiger partial charge in [0.2, 0.25) is 0 Å². The molecule has 2 N–H and O–H groups in total. The second-order valence-corrected chi connectivity index (χ2v) is 6.08. The van der Waals surface area contributed by atoms with E-state index >= 15 is 0 Å². The Balaban J connectivity index is 1.63.